The monoisotopic (exact) mass is 469 g/mol. The van der Waals surface area contributed by atoms with Crippen molar-refractivity contribution in [2.75, 3.05) is 6.61 Å². The lowest BCUT2D eigenvalue weighted by Crippen LogP contribution is -2.32. The first-order valence-corrected chi connectivity index (χ1v) is 11.4. The van der Waals surface area contributed by atoms with E-state index in [2.05, 4.69) is 16.7 Å². The molecule has 0 radical (unpaired) electrons. The molecule has 4 rings (SSSR count). The van der Waals surface area contributed by atoms with Crippen LogP contribution in [0.3, 0.4) is 0 Å². The zero-order valence-electron chi connectivity index (χ0n) is 19.8. The van der Waals surface area contributed by atoms with Gasteiger partial charge in [-0.05, 0) is 55.7 Å². The number of fused-ring (bicyclic) bond motifs is 1. The molecule has 7 nitrogen and oxygen atoms in total. The molecule has 1 aromatic heterocycles. The third kappa shape index (κ3) is 5.41. The molecule has 178 valence electrons. The molecule has 4 aromatic rings. The van der Waals surface area contributed by atoms with Crippen molar-refractivity contribution in [1.82, 2.24) is 9.66 Å². The van der Waals surface area contributed by atoms with Crippen molar-refractivity contribution in [1.29, 1.82) is 0 Å². The van der Waals surface area contributed by atoms with Crippen molar-refractivity contribution in [2.45, 2.75) is 26.9 Å². The molecule has 0 amide bonds. The van der Waals surface area contributed by atoms with E-state index in [9.17, 15) is 9.59 Å². The Morgan fingerprint density at radius 2 is 1.83 bits per heavy atom. The van der Waals surface area contributed by atoms with Gasteiger partial charge in [-0.3, -0.25) is 4.79 Å². The van der Waals surface area contributed by atoms with E-state index in [0.717, 1.165) is 15.8 Å². The molecule has 35 heavy (non-hydrogen) atoms. The number of nitrogens with one attached hydrogen (secondary N) is 1. The minimum Gasteiger partial charge on any atom is -0.490 e. The number of nitrogens with zero attached hydrogens (tertiary/aromatic N) is 2. The largest absolute Gasteiger partial charge is 0.490 e. The quantitative estimate of drug-likeness (QED) is 0.287. The zero-order chi connectivity index (χ0) is 24.8. The number of benzene rings is 3. The second-order valence-electron chi connectivity index (χ2n) is 8.04. The predicted octanol–water partition coefficient (Wildman–Crippen LogP) is 4.59. The molecule has 0 aliphatic carbocycles. The smallest absolute Gasteiger partial charge is 0.349 e. The third-order valence-corrected chi connectivity index (χ3v) is 5.43. The van der Waals surface area contributed by atoms with Crippen LogP contribution in [0.5, 0.6) is 11.5 Å². The Bertz CT molecular complexity index is 1500. The van der Waals surface area contributed by atoms with Gasteiger partial charge in [0.05, 0.1) is 23.7 Å². The maximum absolute atomic E-state index is 12.8. The number of aromatic amines is 1. The molecule has 0 saturated heterocycles. The minimum absolute atomic E-state index is 0.381. The Kier molecular flexibility index (Phi) is 7.26. The van der Waals surface area contributed by atoms with Crippen molar-refractivity contribution < 1.29 is 9.47 Å². The summed E-state index contributed by atoms with van der Waals surface area (Å²) in [5.41, 5.74) is 3.12. The lowest BCUT2D eigenvalue weighted by molar-refractivity contribution is 0.267. The lowest BCUT2D eigenvalue weighted by atomic mass is 10.1. The number of allylic oxidation sites excluding steroid dienone is 1. The van der Waals surface area contributed by atoms with E-state index in [1.54, 1.807) is 36.4 Å². The first-order valence-electron chi connectivity index (χ1n) is 11.4. The highest BCUT2D eigenvalue weighted by Crippen LogP contribution is 2.34. The topological polar surface area (TPSA) is 85.7 Å². The van der Waals surface area contributed by atoms with Gasteiger partial charge in [0.15, 0.2) is 11.5 Å². The Balaban J connectivity index is 1.70. The van der Waals surface area contributed by atoms with Crippen LogP contribution in [0.4, 0.5) is 0 Å². The van der Waals surface area contributed by atoms with Crippen LogP contribution in [-0.2, 0) is 13.0 Å². The highest BCUT2D eigenvalue weighted by molar-refractivity contribution is 5.82. The molecule has 0 aliphatic heterocycles. The first-order chi connectivity index (χ1) is 17.0. The molecular formula is C28H27N3O4. The van der Waals surface area contributed by atoms with E-state index < -0.39 is 11.2 Å². The van der Waals surface area contributed by atoms with E-state index >= 15 is 0 Å². The van der Waals surface area contributed by atoms with Crippen LogP contribution < -0.4 is 20.7 Å². The number of rotatable bonds is 9. The van der Waals surface area contributed by atoms with Gasteiger partial charge in [0.25, 0.3) is 5.56 Å². The second kappa shape index (κ2) is 10.7. The van der Waals surface area contributed by atoms with Crippen molar-refractivity contribution in [3.63, 3.8) is 0 Å². The summed E-state index contributed by atoms with van der Waals surface area (Å²) in [4.78, 5) is 27.9. The molecule has 1 heterocycles. The van der Waals surface area contributed by atoms with Gasteiger partial charge in [-0.25, -0.2) is 4.79 Å². The van der Waals surface area contributed by atoms with Gasteiger partial charge < -0.3 is 14.5 Å². The van der Waals surface area contributed by atoms with Gasteiger partial charge in [0.1, 0.15) is 6.61 Å². The van der Waals surface area contributed by atoms with E-state index in [1.807, 2.05) is 44.2 Å². The van der Waals surface area contributed by atoms with Crippen LogP contribution in [0.15, 0.2) is 88.0 Å². The highest BCUT2D eigenvalue weighted by Gasteiger charge is 2.14. The van der Waals surface area contributed by atoms with Crippen LogP contribution in [0.1, 0.15) is 29.2 Å². The fourth-order valence-corrected chi connectivity index (χ4v) is 3.71. The van der Waals surface area contributed by atoms with E-state index in [4.69, 9.17) is 9.47 Å². The molecule has 3 aromatic carbocycles. The number of para-hydroxylation sites is 1. The summed E-state index contributed by atoms with van der Waals surface area (Å²) in [5, 5.41) is 4.55. The van der Waals surface area contributed by atoms with Gasteiger partial charge >= 0.3 is 5.69 Å². The van der Waals surface area contributed by atoms with Crippen molar-refractivity contribution in [3.8, 4) is 11.5 Å². The molecule has 0 atom stereocenters. The number of aryl methyl sites for hydroxylation is 1. The van der Waals surface area contributed by atoms with Crippen molar-refractivity contribution in [2.24, 2.45) is 5.10 Å². The molecule has 0 unspecified atom stereocenters. The summed E-state index contributed by atoms with van der Waals surface area (Å²) in [6.07, 6.45) is 3.79. The Morgan fingerprint density at radius 1 is 1.06 bits per heavy atom. The van der Waals surface area contributed by atoms with Crippen LogP contribution in [0.25, 0.3) is 10.9 Å². The van der Waals surface area contributed by atoms with Crippen LogP contribution in [-0.4, -0.2) is 22.5 Å². The second-order valence-corrected chi connectivity index (χ2v) is 8.04. The molecule has 1 N–H and O–H groups in total. The predicted molar refractivity (Wildman–Crippen MR) is 139 cm³/mol. The Hall–Kier alpha value is -4.39. The average molecular weight is 470 g/mol. The summed E-state index contributed by atoms with van der Waals surface area (Å²) in [5.74, 6) is 1.19. The number of ether oxygens (including phenoxy) is 2. The summed E-state index contributed by atoms with van der Waals surface area (Å²) >= 11 is 0. The van der Waals surface area contributed by atoms with Crippen molar-refractivity contribution in [3.05, 3.63) is 116 Å². The molecular weight excluding hydrogens is 442 g/mol. The maximum Gasteiger partial charge on any atom is 0.349 e. The number of hydrogen-bond donors (Lipinski definition) is 1. The molecule has 0 saturated carbocycles. The summed E-state index contributed by atoms with van der Waals surface area (Å²) < 4.78 is 12.9. The Morgan fingerprint density at radius 3 is 2.57 bits per heavy atom. The average Bonchev–Trinajstić information content (AvgIpc) is 2.85. The number of H-pyrrole nitrogens is 1. The summed E-state index contributed by atoms with van der Waals surface area (Å²) in [6.45, 7) is 8.62. The van der Waals surface area contributed by atoms with Gasteiger partial charge in [0.2, 0.25) is 0 Å². The van der Waals surface area contributed by atoms with E-state index in [0.29, 0.717) is 47.6 Å². The fourth-order valence-electron chi connectivity index (χ4n) is 3.71. The molecule has 0 bridgehead atoms. The van der Waals surface area contributed by atoms with Gasteiger partial charge in [0, 0.05) is 5.56 Å². The van der Waals surface area contributed by atoms with E-state index in [1.165, 1.54) is 11.8 Å². The zero-order valence-corrected chi connectivity index (χ0v) is 19.8. The van der Waals surface area contributed by atoms with Gasteiger partial charge in [-0.1, -0.05) is 48.0 Å². The SMILES string of the molecule is C=CCc1cc(C=Nn2c(=O)[nH]c3ccccc3c2=O)cc(OCC)c1OCc1ccc(C)cc1. The molecule has 0 fully saturated rings. The van der Waals surface area contributed by atoms with Crippen LogP contribution in [0.2, 0.25) is 0 Å². The van der Waals surface area contributed by atoms with Crippen LogP contribution >= 0.6 is 0 Å². The highest BCUT2D eigenvalue weighted by atomic mass is 16.5. The summed E-state index contributed by atoms with van der Waals surface area (Å²) in [7, 11) is 0. The van der Waals surface area contributed by atoms with Gasteiger partial charge in [-0.15, -0.1) is 11.3 Å². The molecule has 0 aliphatic rings. The Labute approximate surface area is 203 Å². The number of hydrogen-bond acceptors (Lipinski definition) is 5. The first kappa shape index (κ1) is 23.8. The van der Waals surface area contributed by atoms with Crippen LogP contribution in [0, 0.1) is 6.92 Å². The lowest BCUT2D eigenvalue weighted by Gasteiger charge is -2.17. The summed E-state index contributed by atoms with van der Waals surface area (Å²) in [6, 6.07) is 18.6. The maximum atomic E-state index is 12.8. The normalized spacial score (nSPS) is 11.1. The number of aromatic nitrogens is 2. The third-order valence-electron chi connectivity index (χ3n) is 5.43. The van der Waals surface area contributed by atoms with Gasteiger partial charge in [-0.2, -0.15) is 5.10 Å². The fraction of sp³-hybridized carbons (Fsp3) is 0.179. The molecule has 7 heteroatoms. The van der Waals surface area contributed by atoms with E-state index in [-0.39, 0.29) is 0 Å². The minimum atomic E-state index is -0.612. The standard InChI is InChI=1S/C28H27N3O4/c1-4-8-22-15-21(17-29-31-27(32)23-9-6-7-10-24(23)30-28(31)33)16-25(34-5-2)26(22)35-18-20-13-11-19(3)12-14-20/h4,6-7,9-17H,1,5,8,18H2,2-3H3,(H,30,33). The molecule has 0 spiro atoms. The van der Waals surface area contributed by atoms with Crippen molar-refractivity contribution >= 4 is 17.1 Å².